The molecule has 7 N–H and O–H groups in total. The van der Waals surface area contributed by atoms with Gasteiger partial charge in [0.1, 0.15) is 11.7 Å². The quantitative estimate of drug-likeness (QED) is 0.166. The van der Waals surface area contributed by atoms with Gasteiger partial charge in [0.05, 0.1) is 12.7 Å². The number of para-hydroxylation sites is 1. The number of rotatable bonds is 6. The summed E-state index contributed by atoms with van der Waals surface area (Å²) < 4.78 is 5.03. The Bertz CT molecular complexity index is 1380. The van der Waals surface area contributed by atoms with Gasteiger partial charge in [-0.3, -0.25) is 10.8 Å². The van der Waals surface area contributed by atoms with Crippen LogP contribution in [0, 0.1) is 10.8 Å². The molecule has 0 fully saturated rings. The molecule has 0 saturated heterocycles. The fourth-order valence-corrected chi connectivity index (χ4v) is 4.23. The number of hydrogen-bond donors (Lipinski definition) is 5. The zero-order valence-electron chi connectivity index (χ0n) is 17.8. The molecule has 1 unspecified atom stereocenters. The van der Waals surface area contributed by atoms with Crippen LogP contribution >= 0.6 is 11.6 Å². The van der Waals surface area contributed by atoms with Crippen molar-refractivity contribution in [2.75, 3.05) is 7.11 Å². The number of nitrogen functional groups attached to an aromatic ring is 2. The number of fused-ring (bicyclic) bond motifs is 1. The molecule has 3 aromatic carbocycles. The van der Waals surface area contributed by atoms with E-state index >= 15 is 0 Å². The summed E-state index contributed by atoms with van der Waals surface area (Å²) in [7, 11) is 1.32. The van der Waals surface area contributed by atoms with E-state index in [4.69, 9.17) is 38.6 Å². The molecule has 0 spiro atoms. The molecule has 166 valence electrons. The first kappa shape index (κ1) is 22.1. The molecule has 0 aliphatic carbocycles. The van der Waals surface area contributed by atoms with E-state index in [1.165, 1.54) is 7.11 Å². The topological polar surface area (TPSA) is 142 Å². The zero-order valence-corrected chi connectivity index (χ0v) is 18.5. The first-order valence-electron chi connectivity index (χ1n) is 10.1. The van der Waals surface area contributed by atoms with Gasteiger partial charge in [0.2, 0.25) is 0 Å². The fraction of sp³-hybridized carbons (Fsp3) is 0.0800. The number of carbonyl (C=O) groups is 1. The number of ether oxygens (including phenoxy) is 1. The average Bonchev–Trinajstić information content (AvgIpc) is 3.23. The number of nitrogens with one attached hydrogen (secondary N) is 3. The van der Waals surface area contributed by atoms with E-state index in [-0.39, 0.29) is 11.7 Å². The maximum atomic E-state index is 12.7. The van der Waals surface area contributed by atoms with Gasteiger partial charge in [-0.2, -0.15) is 0 Å². The van der Waals surface area contributed by atoms with Crippen molar-refractivity contribution >= 4 is 40.1 Å². The van der Waals surface area contributed by atoms with Crippen molar-refractivity contribution in [1.29, 1.82) is 10.8 Å². The predicted molar refractivity (Wildman–Crippen MR) is 131 cm³/mol. The molecule has 0 amide bonds. The third-order valence-electron chi connectivity index (χ3n) is 5.57. The molecule has 4 aromatic rings. The van der Waals surface area contributed by atoms with E-state index < -0.39 is 11.9 Å². The third-order valence-corrected chi connectivity index (χ3v) is 5.81. The zero-order chi connectivity index (χ0) is 23.7. The van der Waals surface area contributed by atoms with Crippen LogP contribution in [0.5, 0.6) is 0 Å². The Morgan fingerprint density at radius 2 is 1.64 bits per heavy atom. The second-order valence-electron chi connectivity index (χ2n) is 7.62. The lowest BCUT2D eigenvalue weighted by Gasteiger charge is -2.22. The lowest BCUT2D eigenvalue weighted by Crippen LogP contribution is -2.18. The van der Waals surface area contributed by atoms with E-state index in [1.807, 2.05) is 30.5 Å². The lowest BCUT2D eigenvalue weighted by atomic mass is 9.81. The minimum atomic E-state index is -0.521. The van der Waals surface area contributed by atoms with E-state index in [9.17, 15) is 4.79 Å². The molecule has 0 bridgehead atoms. The number of aromatic amines is 1. The number of aromatic nitrogens is 1. The minimum absolute atomic E-state index is 0.152. The highest BCUT2D eigenvalue weighted by molar-refractivity contribution is 6.31. The third kappa shape index (κ3) is 4.18. The van der Waals surface area contributed by atoms with Gasteiger partial charge in [-0.05, 0) is 53.1 Å². The number of amidine groups is 2. The molecular formula is C25H22ClN5O2. The van der Waals surface area contributed by atoms with Crippen molar-refractivity contribution in [1.82, 2.24) is 4.98 Å². The molecule has 7 nitrogen and oxygen atoms in total. The van der Waals surface area contributed by atoms with Crippen LogP contribution in [-0.4, -0.2) is 29.7 Å². The monoisotopic (exact) mass is 459 g/mol. The van der Waals surface area contributed by atoms with Gasteiger partial charge in [0.15, 0.2) is 0 Å². The number of carbonyl (C=O) groups excluding carboxylic acids is 1. The number of esters is 1. The van der Waals surface area contributed by atoms with Crippen molar-refractivity contribution in [3.05, 3.63) is 105 Å². The highest BCUT2D eigenvalue weighted by Crippen LogP contribution is 2.39. The molecule has 1 atom stereocenters. The van der Waals surface area contributed by atoms with Crippen LogP contribution in [-0.2, 0) is 4.74 Å². The van der Waals surface area contributed by atoms with Gasteiger partial charge in [-0.1, -0.05) is 35.9 Å². The Kier molecular flexibility index (Phi) is 5.89. The number of methoxy groups -OCH3 is 1. The van der Waals surface area contributed by atoms with Gasteiger partial charge in [-0.15, -0.1) is 0 Å². The largest absolute Gasteiger partial charge is 0.465 e. The van der Waals surface area contributed by atoms with Gasteiger partial charge >= 0.3 is 5.97 Å². The Labute approximate surface area is 195 Å². The molecule has 8 heteroatoms. The SMILES string of the molecule is COC(=O)c1cc(Cl)ccc1C(c1cc(C(=N)N)cc(C(=N)N)c1)c1c[nH]c2ccccc12. The number of hydrogen-bond acceptors (Lipinski definition) is 4. The highest BCUT2D eigenvalue weighted by atomic mass is 35.5. The molecule has 0 radical (unpaired) electrons. The summed E-state index contributed by atoms with van der Waals surface area (Å²) in [6.07, 6.45) is 1.89. The summed E-state index contributed by atoms with van der Waals surface area (Å²) >= 11 is 6.22. The van der Waals surface area contributed by atoms with Crippen molar-refractivity contribution in [2.45, 2.75) is 5.92 Å². The van der Waals surface area contributed by atoms with Gasteiger partial charge in [0, 0.05) is 39.2 Å². The molecular weight excluding hydrogens is 438 g/mol. The van der Waals surface area contributed by atoms with Crippen LogP contribution < -0.4 is 11.5 Å². The van der Waals surface area contributed by atoms with E-state index in [2.05, 4.69) is 4.98 Å². The Morgan fingerprint density at radius 3 is 2.27 bits per heavy atom. The second-order valence-corrected chi connectivity index (χ2v) is 8.05. The molecule has 1 heterocycles. The minimum Gasteiger partial charge on any atom is -0.465 e. The van der Waals surface area contributed by atoms with Crippen LogP contribution in [0.1, 0.15) is 44.1 Å². The van der Waals surface area contributed by atoms with Crippen molar-refractivity contribution in [3.63, 3.8) is 0 Å². The van der Waals surface area contributed by atoms with E-state index in [0.29, 0.717) is 32.8 Å². The summed E-state index contributed by atoms with van der Waals surface area (Å²) in [5.74, 6) is -1.29. The van der Waals surface area contributed by atoms with Gasteiger partial charge < -0.3 is 21.2 Å². The molecule has 1 aromatic heterocycles. The summed E-state index contributed by atoms with van der Waals surface area (Å²) in [6.45, 7) is 0. The summed E-state index contributed by atoms with van der Waals surface area (Å²) in [5.41, 5.74) is 16.0. The number of H-pyrrole nitrogens is 1. The maximum Gasteiger partial charge on any atom is 0.338 e. The van der Waals surface area contributed by atoms with Crippen LogP contribution in [0.4, 0.5) is 0 Å². The summed E-state index contributed by atoms with van der Waals surface area (Å²) in [5, 5.41) is 17.3. The van der Waals surface area contributed by atoms with E-state index in [1.54, 1.807) is 36.4 Å². The number of benzene rings is 3. The van der Waals surface area contributed by atoms with Crippen molar-refractivity contribution in [3.8, 4) is 0 Å². The molecule has 0 saturated carbocycles. The first-order valence-corrected chi connectivity index (χ1v) is 10.5. The van der Waals surface area contributed by atoms with Crippen LogP contribution in [0.2, 0.25) is 5.02 Å². The number of nitrogens with two attached hydrogens (primary N) is 2. The molecule has 33 heavy (non-hydrogen) atoms. The summed E-state index contributed by atoms with van der Waals surface area (Å²) in [4.78, 5) is 16.0. The standard InChI is InChI=1S/C25H22ClN5O2/c1-33-25(32)19-11-16(26)6-7-18(19)22(20-12-31-21-5-3-2-4-17(20)21)13-8-14(23(27)28)10-15(9-13)24(29)30/h2-12,22,31H,1H3,(H3,27,28)(H3,29,30). The number of halogens is 1. The van der Waals surface area contributed by atoms with Crippen LogP contribution in [0.25, 0.3) is 10.9 Å². The Morgan fingerprint density at radius 1 is 0.970 bits per heavy atom. The maximum absolute atomic E-state index is 12.7. The Hall–Kier alpha value is -4.10. The van der Waals surface area contributed by atoms with Crippen molar-refractivity contribution in [2.24, 2.45) is 11.5 Å². The van der Waals surface area contributed by atoms with Crippen LogP contribution in [0.15, 0.2) is 66.9 Å². The molecule has 4 rings (SSSR count). The Balaban J connectivity index is 2.08. The summed E-state index contributed by atoms with van der Waals surface area (Å²) in [6, 6.07) is 18.1. The van der Waals surface area contributed by atoms with Gasteiger partial charge in [0.25, 0.3) is 0 Å². The molecule has 0 aliphatic heterocycles. The highest BCUT2D eigenvalue weighted by Gasteiger charge is 2.27. The molecule has 0 aliphatic rings. The predicted octanol–water partition coefficient (Wildman–Crippen LogP) is 4.36. The first-order chi connectivity index (χ1) is 15.8. The van der Waals surface area contributed by atoms with Crippen LogP contribution in [0.3, 0.4) is 0 Å². The fourth-order valence-electron chi connectivity index (χ4n) is 4.06. The van der Waals surface area contributed by atoms with E-state index in [0.717, 1.165) is 16.5 Å². The second kappa shape index (κ2) is 8.80. The average molecular weight is 460 g/mol. The van der Waals surface area contributed by atoms with Crippen molar-refractivity contribution < 1.29 is 9.53 Å². The van der Waals surface area contributed by atoms with Gasteiger partial charge in [-0.25, -0.2) is 4.79 Å². The smallest absolute Gasteiger partial charge is 0.338 e. The lowest BCUT2D eigenvalue weighted by molar-refractivity contribution is 0.0599. The normalized spacial score (nSPS) is 11.8.